The van der Waals surface area contributed by atoms with Crippen molar-refractivity contribution in [3.05, 3.63) is 36.1 Å². The second-order valence-electron chi connectivity index (χ2n) is 7.74. The third-order valence-corrected chi connectivity index (χ3v) is 5.56. The summed E-state index contributed by atoms with van der Waals surface area (Å²) in [6.07, 6.45) is 4.10. The first kappa shape index (κ1) is 18.6. The fourth-order valence-corrected chi connectivity index (χ4v) is 3.73. The van der Waals surface area contributed by atoms with E-state index in [1.54, 1.807) is 23.1 Å². The molecule has 0 radical (unpaired) electrons. The Bertz CT molecular complexity index is 1170. The number of alkyl halides is 2. The topological polar surface area (TPSA) is 106 Å². The van der Waals surface area contributed by atoms with Gasteiger partial charge in [0.05, 0.1) is 11.8 Å². The summed E-state index contributed by atoms with van der Waals surface area (Å²) in [4.78, 5) is 24.3. The van der Waals surface area contributed by atoms with Crippen molar-refractivity contribution in [1.29, 1.82) is 0 Å². The molecule has 154 valence electrons. The van der Waals surface area contributed by atoms with E-state index in [4.69, 9.17) is 6.57 Å². The van der Waals surface area contributed by atoms with Crippen LogP contribution in [0.4, 0.5) is 14.7 Å². The summed E-state index contributed by atoms with van der Waals surface area (Å²) >= 11 is 0. The van der Waals surface area contributed by atoms with Crippen molar-refractivity contribution in [1.82, 2.24) is 34.7 Å². The van der Waals surface area contributed by atoms with Gasteiger partial charge in [-0.25, -0.2) is 20.3 Å². The van der Waals surface area contributed by atoms with Crippen molar-refractivity contribution in [3.8, 4) is 11.4 Å². The Morgan fingerprint density at radius 2 is 2.20 bits per heavy atom. The molecule has 0 spiro atoms. The lowest BCUT2D eigenvalue weighted by Gasteiger charge is -2.38. The maximum absolute atomic E-state index is 13.0. The highest BCUT2D eigenvalue weighted by Gasteiger charge is 2.49. The van der Waals surface area contributed by atoms with Gasteiger partial charge in [0.1, 0.15) is 0 Å². The molecule has 1 amide bonds. The highest BCUT2D eigenvalue weighted by molar-refractivity contribution is 5.92. The number of amides is 1. The molecule has 3 aromatic rings. The fourth-order valence-electron chi connectivity index (χ4n) is 3.73. The molecule has 0 aromatic carbocycles. The van der Waals surface area contributed by atoms with Crippen LogP contribution in [0.3, 0.4) is 0 Å². The lowest BCUT2D eigenvalue weighted by Crippen LogP contribution is -2.62. The van der Waals surface area contributed by atoms with E-state index in [9.17, 15) is 13.6 Å². The lowest BCUT2D eigenvalue weighted by molar-refractivity contribution is -0.145. The van der Waals surface area contributed by atoms with Gasteiger partial charge in [-0.15, -0.1) is 5.10 Å². The summed E-state index contributed by atoms with van der Waals surface area (Å²) in [5.41, 5.74) is 0.752. The molecule has 1 aliphatic carbocycles. The Hall–Kier alpha value is -3.46. The molecule has 2 aliphatic rings. The van der Waals surface area contributed by atoms with Crippen molar-refractivity contribution in [2.24, 2.45) is 5.92 Å². The third kappa shape index (κ3) is 2.98. The summed E-state index contributed by atoms with van der Waals surface area (Å²) in [6, 6.07) is 1.63. The van der Waals surface area contributed by atoms with Gasteiger partial charge in [-0.3, -0.25) is 14.8 Å². The van der Waals surface area contributed by atoms with E-state index < -0.39 is 30.6 Å². The third-order valence-electron chi connectivity index (χ3n) is 5.56. The number of aromatic nitrogens is 6. The van der Waals surface area contributed by atoms with E-state index in [-0.39, 0.29) is 11.5 Å². The van der Waals surface area contributed by atoms with Gasteiger partial charge < -0.3 is 10.2 Å². The smallest absolute Gasteiger partial charge is 0.249 e. The number of carbonyl (C=O) groups is 1. The second-order valence-corrected chi connectivity index (χ2v) is 7.74. The number of rotatable bonds is 5. The minimum Gasteiger partial charge on any atom is -0.314 e. The number of nitrogens with zero attached hydrogens (tertiary/aromatic N) is 7. The van der Waals surface area contributed by atoms with Crippen molar-refractivity contribution in [2.45, 2.75) is 24.3 Å². The standard InChI is InChI=1S/C18H17F2N9O/c1-21-8-17(9-22-10-17)28-7-12(6-24-28)14-23-3-2-13-25-16(27-29(13)14)26-15(30)11-4-18(19,20)5-11/h2-3,6-7,11,22H,4-5,8-10H2,(H,26,27,30). The van der Waals surface area contributed by atoms with Crippen LogP contribution in [0, 0.1) is 12.5 Å². The van der Waals surface area contributed by atoms with E-state index in [0.29, 0.717) is 36.7 Å². The summed E-state index contributed by atoms with van der Waals surface area (Å²) in [5.74, 6) is -3.53. The SMILES string of the molecule is [C-]#[N+]CC1(n2cc(-c3nccc4nc(NC(=O)C5CC(F)(F)C5)nn34)cn2)CNC1. The van der Waals surface area contributed by atoms with Crippen molar-refractivity contribution in [3.63, 3.8) is 0 Å². The average Bonchev–Trinajstić information content (AvgIpc) is 3.29. The summed E-state index contributed by atoms with van der Waals surface area (Å²) in [5, 5.41) is 14.4. The highest BCUT2D eigenvalue weighted by atomic mass is 19.3. The normalized spacial score (nSPS) is 19.6. The van der Waals surface area contributed by atoms with Gasteiger partial charge in [0.2, 0.25) is 24.3 Å². The number of fused-ring (bicyclic) bond motifs is 1. The quantitative estimate of drug-likeness (QED) is 0.609. The zero-order valence-electron chi connectivity index (χ0n) is 15.7. The van der Waals surface area contributed by atoms with Crippen LogP contribution in [-0.2, 0) is 10.3 Å². The zero-order valence-corrected chi connectivity index (χ0v) is 15.7. The van der Waals surface area contributed by atoms with Crippen molar-refractivity contribution in [2.75, 3.05) is 25.0 Å². The lowest BCUT2D eigenvalue weighted by atomic mass is 9.81. The summed E-state index contributed by atoms with van der Waals surface area (Å²) in [6.45, 7) is 8.84. The monoisotopic (exact) mass is 413 g/mol. The first-order valence-corrected chi connectivity index (χ1v) is 9.39. The number of anilines is 1. The van der Waals surface area contributed by atoms with Crippen LogP contribution >= 0.6 is 0 Å². The first-order valence-electron chi connectivity index (χ1n) is 9.39. The van der Waals surface area contributed by atoms with Crippen LogP contribution in [0.25, 0.3) is 21.9 Å². The van der Waals surface area contributed by atoms with E-state index in [1.807, 2.05) is 6.20 Å². The number of carbonyl (C=O) groups excluding carboxylic acids is 1. The van der Waals surface area contributed by atoms with Crippen LogP contribution in [-0.4, -0.2) is 60.8 Å². The van der Waals surface area contributed by atoms with Crippen molar-refractivity contribution < 1.29 is 13.6 Å². The van der Waals surface area contributed by atoms with Crippen LogP contribution in [0.5, 0.6) is 0 Å². The molecule has 0 atom stereocenters. The molecule has 30 heavy (non-hydrogen) atoms. The summed E-state index contributed by atoms with van der Waals surface area (Å²) < 4.78 is 29.3. The number of hydrogen-bond acceptors (Lipinski definition) is 6. The Morgan fingerprint density at radius 3 is 2.87 bits per heavy atom. The average molecular weight is 413 g/mol. The van der Waals surface area contributed by atoms with E-state index >= 15 is 0 Å². The van der Waals surface area contributed by atoms with E-state index in [1.165, 1.54) is 4.52 Å². The molecule has 1 aliphatic heterocycles. The summed E-state index contributed by atoms with van der Waals surface area (Å²) in [7, 11) is 0. The van der Waals surface area contributed by atoms with Gasteiger partial charge in [-0.2, -0.15) is 14.6 Å². The Labute approximate surface area is 169 Å². The van der Waals surface area contributed by atoms with Crippen LogP contribution in [0.1, 0.15) is 12.8 Å². The van der Waals surface area contributed by atoms with Crippen molar-refractivity contribution >= 4 is 17.5 Å². The van der Waals surface area contributed by atoms with Gasteiger partial charge in [0.15, 0.2) is 17.0 Å². The Kier molecular flexibility index (Phi) is 4.04. The second kappa shape index (κ2) is 6.53. The van der Waals surface area contributed by atoms with Crippen LogP contribution < -0.4 is 10.6 Å². The highest BCUT2D eigenvalue weighted by Crippen LogP contribution is 2.42. The van der Waals surface area contributed by atoms with Gasteiger partial charge in [-0.05, 0) is 0 Å². The minimum absolute atomic E-state index is 0.0320. The molecular weight excluding hydrogens is 396 g/mol. The molecule has 4 heterocycles. The molecule has 0 unspecified atom stereocenters. The maximum Gasteiger partial charge on any atom is 0.249 e. The molecule has 1 saturated heterocycles. The predicted molar refractivity (Wildman–Crippen MR) is 101 cm³/mol. The Balaban J connectivity index is 1.41. The largest absolute Gasteiger partial charge is 0.314 e. The first-order chi connectivity index (χ1) is 14.4. The number of halogens is 2. The number of hydrogen-bond donors (Lipinski definition) is 2. The molecule has 5 rings (SSSR count). The molecule has 2 N–H and O–H groups in total. The molecule has 1 saturated carbocycles. The van der Waals surface area contributed by atoms with Crippen LogP contribution in [0.15, 0.2) is 24.7 Å². The number of nitrogens with one attached hydrogen (secondary N) is 2. The van der Waals surface area contributed by atoms with E-state index in [2.05, 4.69) is 35.6 Å². The van der Waals surface area contributed by atoms with Gasteiger partial charge >= 0.3 is 0 Å². The molecule has 12 heteroatoms. The predicted octanol–water partition coefficient (Wildman–Crippen LogP) is 1.19. The molecule has 10 nitrogen and oxygen atoms in total. The minimum atomic E-state index is -2.77. The fraction of sp³-hybridized carbons (Fsp3) is 0.444. The maximum atomic E-state index is 13.0. The van der Waals surface area contributed by atoms with E-state index in [0.717, 1.165) is 0 Å². The zero-order chi connectivity index (χ0) is 20.9. The molecular formula is C18H17F2N9O. The van der Waals surface area contributed by atoms with Gasteiger partial charge in [0.25, 0.3) is 0 Å². The van der Waals surface area contributed by atoms with Gasteiger partial charge in [0, 0.05) is 50.3 Å². The molecule has 3 aromatic heterocycles. The molecule has 2 fully saturated rings. The van der Waals surface area contributed by atoms with Gasteiger partial charge in [-0.1, -0.05) is 0 Å². The Morgan fingerprint density at radius 1 is 1.40 bits per heavy atom. The molecule has 0 bridgehead atoms. The van der Waals surface area contributed by atoms with Crippen LogP contribution in [0.2, 0.25) is 0 Å².